The Labute approximate surface area is 177 Å². The lowest BCUT2D eigenvalue weighted by Crippen LogP contribution is -2.28. The number of aromatic nitrogens is 2. The van der Waals surface area contributed by atoms with E-state index < -0.39 is 0 Å². The molecule has 0 saturated carbocycles. The van der Waals surface area contributed by atoms with Gasteiger partial charge in [0.2, 0.25) is 11.8 Å². The zero-order chi connectivity index (χ0) is 20.8. The summed E-state index contributed by atoms with van der Waals surface area (Å²) >= 11 is 1.60. The lowest BCUT2D eigenvalue weighted by Gasteiger charge is -2.15. The number of fused-ring (bicyclic) bond motifs is 4. The summed E-state index contributed by atoms with van der Waals surface area (Å²) in [6.07, 6.45) is 6.40. The molecule has 0 atom stereocenters. The molecule has 5 rings (SSSR count). The molecule has 3 heterocycles. The largest absolute Gasteiger partial charge is 0.325 e. The number of hydrogen-bond donors (Lipinski definition) is 1. The van der Waals surface area contributed by atoms with E-state index >= 15 is 0 Å². The Balaban J connectivity index is 1.36. The Kier molecular flexibility index (Phi) is 4.66. The van der Waals surface area contributed by atoms with Crippen LogP contribution in [0.4, 0.5) is 11.4 Å². The van der Waals surface area contributed by atoms with Gasteiger partial charge in [-0.15, -0.1) is 11.3 Å². The van der Waals surface area contributed by atoms with E-state index in [9.17, 15) is 14.4 Å². The molecule has 154 valence electrons. The molecule has 2 amide bonds. The Bertz CT molecular complexity index is 1240. The van der Waals surface area contributed by atoms with Crippen molar-refractivity contribution in [3.8, 4) is 0 Å². The summed E-state index contributed by atoms with van der Waals surface area (Å²) in [5, 5.41) is 3.56. The van der Waals surface area contributed by atoms with E-state index in [1.54, 1.807) is 29.2 Å². The number of carbonyl (C=O) groups is 2. The molecule has 1 aliphatic carbocycles. The van der Waals surface area contributed by atoms with Gasteiger partial charge in [-0.25, -0.2) is 4.98 Å². The fourth-order valence-electron chi connectivity index (χ4n) is 4.46. The SMILES string of the molecule is CC(=O)N1CCc2cc(NC(=O)Cn3cnc4sc5c(c4c3=O)CCCC5)ccc21. The van der Waals surface area contributed by atoms with Crippen LogP contribution in [0.5, 0.6) is 0 Å². The number of thiophene rings is 1. The molecule has 1 N–H and O–H groups in total. The van der Waals surface area contributed by atoms with Gasteiger partial charge in [0.1, 0.15) is 11.4 Å². The van der Waals surface area contributed by atoms with Crippen LogP contribution < -0.4 is 15.8 Å². The first-order valence-corrected chi connectivity index (χ1v) is 11.0. The van der Waals surface area contributed by atoms with Gasteiger partial charge in [-0.1, -0.05) is 0 Å². The minimum absolute atomic E-state index is 0.0171. The highest BCUT2D eigenvalue weighted by Gasteiger charge is 2.23. The standard InChI is InChI=1S/C22H22N4O3S/c1-13(27)26-9-8-14-10-15(6-7-17(14)26)24-19(28)11-25-12-23-21-20(22(25)29)16-4-2-3-5-18(16)30-21/h6-7,10,12H,2-5,8-9,11H2,1H3,(H,24,28). The van der Waals surface area contributed by atoms with Gasteiger partial charge in [-0.2, -0.15) is 0 Å². The van der Waals surface area contributed by atoms with Gasteiger partial charge in [0.05, 0.1) is 11.7 Å². The fraction of sp³-hybridized carbons (Fsp3) is 0.364. The Morgan fingerprint density at radius 3 is 2.87 bits per heavy atom. The van der Waals surface area contributed by atoms with E-state index in [0.29, 0.717) is 17.6 Å². The van der Waals surface area contributed by atoms with E-state index in [4.69, 9.17) is 0 Å². The van der Waals surface area contributed by atoms with E-state index in [2.05, 4.69) is 10.3 Å². The minimum atomic E-state index is -0.274. The van der Waals surface area contributed by atoms with Crippen molar-refractivity contribution in [1.29, 1.82) is 0 Å². The van der Waals surface area contributed by atoms with E-state index in [0.717, 1.165) is 53.7 Å². The van der Waals surface area contributed by atoms with Gasteiger partial charge < -0.3 is 10.2 Å². The third-order valence-corrected chi connectivity index (χ3v) is 7.09. The fourth-order valence-corrected chi connectivity index (χ4v) is 5.68. The van der Waals surface area contributed by atoms with Crippen LogP contribution in [0.3, 0.4) is 0 Å². The van der Waals surface area contributed by atoms with Crippen LogP contribution in [-0.4, -0.2) is 27.9 Å². The molecular formula is C22H22N4O3S. The third-order valence-electron chi connectivity index (χ3n) is 5.89. The first-order chi connectivity index (χ1) is 14.5. The number of anilines is 2. The molecule has 2 aromatic heterocycles. The second kappa shape index (κ2) is 7.36. The van der Waals surface area contributed by atoms with Crippen LogP contribution in [-0.2, 0) is 35.4 Å². The third kappa shape index (κ3) is 3.21. The summed E-state index contributed by atoms with van der Waals surface area (Å²) in [7, 11) is 0. The summed E-state index contributed by atoms with van der Waals surface area (Å²) in [6, 6.07) is 5.55. The van der Waals surface area contributed by atoms with E-state index in [1.807, 2.05) is 12.1 Å². The van der Waals surface area contributed by atoms with Crippen molar-refractivity contribution in [3.63, 3.8) is 0 Å². The van der Waals surface area contributed by atoms with Crippen molar-refractivity contribution in [2.75, 3.05) is 16.8 Å². The summed E-state index contributed by atoms with van der Waals surface area (Å²) in [4.78, 5) is 45.5. The number of carbonyl (C=O) groups excluding carboxylic acids is 2. The van der Waals surface area contributed by atoms with Crippen molar-refractivity contribution >= 4 is 44.7 Å². The zero-order valence-electron chi connectivity index (χ0n) is 16.7. The van der Waals surface area contributed by atoms with Gasteiger partial charge >= 0.3 is 0 Å². The summed E-state index contributed by atoms with van der Waals surface area (Å²) in [5.74, 6) is -0.257. The molecule has 8 heteroatoms. The Morgan fingerprint density at radius 1 is 1.20 bits per heavy atom. The smallest absolute Gasteiger partial charge is 0.262 e. The average Bonchev–Trinajstić information content (AvgIpc) is 3.31. The lowest BCUT2D eigenvalue weighted by atomic mass is 9.97. The average molecular weight is 423 g/mol. The van der Waals surface area contributed by atoms with Crippen LogP contribution in [0, 0.1) is 0 Å². The summed E-state index contributed by atoms with van der Waals surface area (Å²) in [5.41, 5.74) is 3.59. The van der Waals surface area contributed by atoms with Crippen LogP contribution in [0.2, 0.25) is 0 Å². The Hall–Kier alpha value is -3.00. The monoisotopic (exact) mass is 422 g/mol. The first-order valence-electron chi connectivity index (χ1n) is 10.2. The molecule has 30 heavy (non-hydrogen) atoms. The molecule has 1 aliphatic heterocycles. The molecule has 0 bridgehead atoms. The van der Waals surface area contributed by atoms with Crippen molar-refractivity contribution in [2.45, 2.75) is 45.6 Å². The van der Waals surface area contributed by atoms with Gasteiger partial charge in [0, 0.05) is 29.7 Å². The van der Waals surface area contributed by atoms with E-state index in [1.165, 1.54) is 15.8 Å². The number of nitrogens with one attached hydrogen (secondary N) is 1. The normalized spacial score (nSPS) is 15.2. The lowest BCUT2D eigenvalue weighted by molar-refractivity contribution is -0.117. The maximum atomic E-state index is 13.0. The molecule has 0 saturated heterocycles. The molecular weight excluding hydrogens is 400 g/mol. The number of rotatable bonds is 3. The van der Waals surface area contributed by atoms with Crippen LogP contribution >= 0.6 is 11.3 Å². The maximum Gasteiger partial charge on any atom is 0.262 e. The molecule has 0 radical (unpaired) electrons. The molecule has 2 aliphatic rings. The molecule has 3 aromatic rings. The highest BCUT2D eigenvalue weighted by atomic mass is 32.1. The molecule has 1 aromatic carbocycles. The van der Waals surface area contributed by atoms with Gasteiger partial charge in [0.15, 0.2) is 0 Å². The summed E-state index contributed by atoms with van der Waals surface area (Å²) < 4.78 is 1.39. The van der Waals surface area contributed by atoms with Gasteiger partial charge in [0.25, 0.3) is 5.56 Å². The highest BCUT2D eigenvalue weighted by molar-refractivity contribution is 7.18. The van der Waals surface area contributed by atoms with Crippen LogP contribution in [0.25, 0.3) is 10.2 Å². The molecule has 0 spiro atoms. The number of hydrogen-bond acceptors (Lipinski definition) is 5. The van der Waals surface area contributed by atoms with Crippen molar-refractivity contribution in [1.82, 2.24) is 9.55 Å². The van der Waals surface area contributed by atoms with Gasteiger partial charge in [-0.3, -0.25) is 19.0 Å². The van der Waals surface area contributed by atoms with E-state index in [-0.39, 0.29) is 23.9 Å². The number of benzene rings is 1. The second-order valence-electron chi connectivity index (χ2n) is 7.88. The van der Waals surface area contributed by atoms with Crippen molar-refractivity contribution in [2.24, 2.45) is 0 Å². The maximum absolute atomic E-state index is 13.0. The minimum Gasteiger partial charge on any atom is -0.325 e. The summed E-state index contributed by atoms with van der Waals surface area (Å²) in [6.45, 7) is 2.13. The molecule has 0 unspecified atom stereocenters. The Morgan fingerprint density at radius 2 is 2.03 bits per heavy atom. The predicted octanol–water partition coefficient (Wildman–Crippen LogP) is 2.88. The number of aryl methyl sites for hydroxylation is 2. The van der Waals surface area contributed by atoms with Crippen molar-refractivity contribution < 1.29 is 9.59 Å². The predicted molar refractivity (Wildman–Crippen MR) is 117 cm³/mol. The topological polar surface area (TPSA) is 84.3 Å². The van der Waals surface area contributed by atoms with Crippen molar-refractivity contribution in [3.05, 3.63) is 50.9 Å². The first kappa shape index (κ1) is 19.0. The number of amides is 2. The van der Waals surface area contributed by atoms with Gasteiger partial charge in [-0.05, 0) is 61.4 Å². The zero-order valence-corrected chi connectivity index (χ0v) is 17.6. The number of nitrogens with zero attached hydrogens (tertiary/aromatic N) is 3. The molecule has 7 nitrogen and oxygen atoms in total. The second-order valence-corrected chi connectivity index (χ2v) is 8.96. The van der Waals surface area contributed by atoms with Crippen LogP contribution in [0.1, 0.15) is 35.8 Å². The molecule has 0 fully saturated rings. The van der Waals surface area contributed by atoms with Crippen LogP contribution in [0.15, 0.2) is 29.3 Å². The highest BCUT2D eigenvalue weighted by Crippen LogP contribution is 2.33. The quantitative estimate of drug-likeness (QED) is 0.703.